The quantitative estimate of drug-likeness (QED) is 0.586. The van der Waals surface area contributed by atoms with Crippen LogP contribution in [0.2, 0.25) is 4.34 Å². The number of hydrogen-bond donors (Lipinski definition) is 1. The second kappa shape index (κ2) is 7.99. The number of thiophene rings is 1. The molecule has 8 heteroatoms. The van der Waals surface area contributed by atoms with Gasteiger partial charge in [0.15, 0.2) is 5.13 Å². The average molecular weight is 407 g/mol. The summed E-state index contributed by atoms with van der Waals surface area (Å²) in [7, 11) is 0. The number of hydrogen-bond acceptors (Lipinski definition) is 6. The maximum atomic E-state index is 12.5. The fourth-order valence-corrected chi connectivity index (χ4v) is 4.27. The van der Waals surface area contributed by atoms with E-state index in [0.29, 0.717) is 27.2 Å². The summed E-state index contributed by atoms with van der Waals surface area (Å²) >= 11 is 8.49. The molecule has 0 aliphatic carbocycles. The number of amides is 1. The van der Waals surface area contributed by atoms with Gasteiger partial charge in [-0.25, -0.2) is 9.78 Å². The fraction of sp³-hybridized carbons (Fsp3) is 0.167. The van der Waals surface area contributed by atoms with E-state index in [1.165, 1.54) is 28.9 Å². The Bertz CT molecular complexity index is 965. The minimum atomic E-state index is -0.377. The summed E-state index contributed by atoms with van der Waals surface area (Å²) in [4.78, 5) is 30.4. The third-order valence-electron chi connectivity index (χ3n) is 3.55. The Kier molecular flexibility index (Phi) is 5.70. The molecule has 0 spiro atoms. The van der Waals surface area contributed by atoms with Crippen LogP contribution in [0.5, 0.6) is 0 Å². The van der Waals surface area contributed by atoms with E-state index in [9.17, 15) is 9.59 Å². The number of nitrogens with one attached hydrogen (secondary N) is 1. The number of aryl methyl sites for hydroxylation is 1. The van der Waals surface area contributed by atoms with Gasteiger partial charge in [-0.05, 0) is 26.0 Å². The highest BCUT2D eigenvalue weighted by Crippen LogP contribution is 2.34. The lowest BCUT2D eigenvalue weighted by atomic mass is 10.1. The van der Waals surface area contributed by atoms with Gasteiger partial charge in [-0.15, -0.1) is 11.3 Å². The van der Waals surface area contributed by atoms with Gasteiger partial charge in [0, 0.05) is 15.3 Å². The molecule has 0 unspecified atom stereocenters. The van der Waals surface area contributed by atoms with Crippen LogP contribution in [0.1, 0.15) is 32.5 Å². The van der Waals surface area contributed by atoms with Gasteiger partial charge in [0.2, 0.25) is 0 Å². The Morgan fingerprint density at radius 2 is 2.00 bits per heavy atom. The number of ether oxygens (including phenoxy) is 1. The van der Waals surface area contributed by atoms with Crippen LogP contribution in [0.15, 0.2) is 36.5 Å². The van der Waals surface area contributed by atoms with Crippen LogP contribution >= 0.6 is 34.3 Å². The molecule has 0 aliphatic heterocycles. The van der Waals surface area contributed by atoms with Gasteiger partial charge in [-0.2, -0.15) is 0 Å². The Labute approximate surface area is 163 Å². The van der Waals surface area contributed by atoms with E-state index in [4.69, 9.17) is 16.3 Å². The molecule has 0 saturated heterocycles. The topological polar surface area (TPSA) is 68.3 Å². The molecule has 1 amide bonds. The van der Waals surface area contributed by atoms with E-state index in [1.54, 1.807) is 25.1 Å². The molecular formula is C18H15ClN2O3S2. The molecule has 2 heterocycles. The molecule has 5 nitrogen and oxygen atoms in total. The van der Waals surface area contributed by atoms with Crippen molar-refractivity contribution in [3.63, 3.8) is 0 Å². The first-order valence-corrected chi connectivity index (χ1v) is 9.80. The van der Waals surface area contributed by atoms with Gasteiger partial charge in [0.05, 0.1) is 23.9 Å². The van der Waals surface area contributed by atoms with Gasteiger partial charge in [0.1, 0.15) is 4.34 Å². The smallest absolute Gasteiger partial charge is 0.338 e. The molecule has 0 bridgehead atoms. The van der Waals surface area contributed by atoms with E-state index < -0.39 is 0 Å². The molecule has 1 aromatic carbocycles. The number of aromatic nitrogens is 1. The van der Waals surface area contributed by atoms with Crippen LogP contribution in [-0.2, 0) is 4.74 Å². The molecule has 0 fully saturated rings. The summed E-state index contributed by atoms with van der Waals surface area (Å²) in [5.41, 5.74) is 1.76. The first-order valence-electron chi connectivity index (χ1n) is 7.79. The van der Waals surface area contributed by atoms with Crippen molar-refractivity contribution in [3.05, 3.63) is 56.9 Å². The zero-order valence-electron chi connectivity index (χ0n) is 14.0. The fourth-order valence-electron chi connectivity index (χ4n) is 2.40. The second-order valence-electron chi connectivity index (χ2n) is 5.27. The summed E-state index contributed by atoms with van der Waals surface area (Å²) in [6.07, 6.45) is 1.49. The first kappa shape index (κ1) is 18.6. The number of esters is 1. The number of carbonyl (C=O) groups excluding carboxylic acids is 2. The lowest BCUT2D eigenvalue weighted by Gasteiger charge is -2.06. The first-order chi connectivity index (χ1) is 12.5. The van der Waals surface area contributed by atoms with Gasteiger partial charge >= 0.3 is 5.97 Å². The van der Waals surface area contributed by atoms with Crippen molar-refractivity contribution in [2.45, 2.75) is 13.8 Å². The van der Waals surface area contributed by atoms with Gasteiger partial charge < -0.3 is 4.74 Å². The minimum Gasteiger partial charge on any atom is -0.462 e. The van der Waals surface area contributed by atoms with Crippen molar-refractivity contribution in [1.29, 1.82) is 0 Å². The van der Waals surface area contributed by atoms with E-state index in [1.807, 2.05) is 19.1 Å². The number of halogens is 1. The van der Waals surface area contributed by atoms with Crippen LogP contribution in [0.3, 0.4) is 0 Å². The summed E-state index contributed by atoms with van der Waals surface area (Å²) in [6, 6.07) is 8.99. The van der Waals surface area contributed by atoms with Crippen molar-refractivity contribution in [1.82, 2.24) is 4.98 Å². The Morgan fingerprint density at radius 1 is 1.23 bits per heavy atom. The maximum Gasteiger partial charge on any atom is 0.338 e. The number of carbonyl (C=O) groups is 2. The molecule has 2 aromatic heterocycles. The number of rotatable bonds is 5. The maximum absolute atomic E-state index is 12.5. The standard InChI is InChI=1S/C18H15ClN2O3S2/c1-3-24-17(23)12-7-5-4-6-11(12)14-8-13(10(2)25-14)16(22)21-18-20-9-15(19)26-18/h4-9H,3H2,1-2H3,(H,20,21,22). The second-order valence-corrected chi connectivity index (χ2v) is 8.19. The molecule has 0 atom stereocenters. The molecular weight excluding hydrogens is 392 g/mol. The van der Waals surface area contributed by atoms with E-state index >= 15 is 0 Å². The number of thiazole rings is 1. The largest absolute Gasteiger partial charge is 0.462 e. The van der Waals surface area contributed by atoms with Gasteiger partial charge in [-0.3, -0.25) is 10.1 Å². The van der Waals surface area contributed by atoms with Gasteiger partial charge in [0.25, 0.3) is 5.91 Å². The SMILES string of the molecule is CCOC(=O)c1ccccc1-c1cc(C(=O)Nc2ncc(Cl)s2)c(C)s1. The molecule has 0 radical (unpaired) electrons. The Hall–Kier alpha value is -2.22. The molecule has 0 saturated carbocycles. The van der Waals surface area contributed by atoms with E-state index in [-0.39, 0.29) is 11.9 Å². The van der Waals surface area contributed by atoms with E-state index in [2.05, 4.69) is 10.3 Å². The molecule has 134 valence electrons. The van der Waals surface area contributed by atoms with Crippen LogP contribution in [0.4, 0.5) is 5.13 Å². The van der Waals surface area contributed by atoms with Crippen molar-refractivity contribution >= 4 is 51.3 Å². The predicted molar refractivity (Wildman–Crippen MR) is 106 cm³/mol. The summed E-state index contributed by atoms with van der Waals surface area (Å²) in [5, 5.41) is 3.18. The van der Waals surface area contributed by atoms with Crippen LogP contribution in [-0.4, -0.2) is 23.5 Å². The normalized spacial score (nSPS) is 10.6. The van der Waals surface area contributed by atoms with Crippen LogP contribution < -0.4 is 5.32 Å². The Morgan fingerprint density at radius 3 is 2.69 bits per heavy atom. The Balaban J connectivity index is 1.91. The van der Waals surface area contributed by atoms with Crippen LogP contribution in [0, 0.1) is 6.92 Å². The number of anilines is 1. The zero-order chi connectivity index (χ0) is 18.7. The van der Waals surface area contributed by atoms with Crippen molar-refractivity contribution in [3.8, 4) is 10.4 Å². The molecule has 1 N–H and O–H groups in total. The monoisotopic (exact) mass is 406 g/mol. The third kappa shape index (κ3) is 3.95. The summed E-state index contributed by atoms with van der Waals surface area (Å²) in [5.74, 6) is -0.637. The summed E-state index contributed by atoms with van der Waals surface area (Å²) < 4.78 is 5.63. The lowest BCUT2D eigenvalue weighted by molar-refractivity contribution is 0.0527. The molecule has 3 rings (SSSR count). The zero-order valence-corrected chi connectivity index (χ0v) is 16.4. The number of nitrogens with zero attached hydrogens (tertiary/aromatic N) is 1. The molecule has 26 heavy (non-hydrogen) atoms. The van der Waals surface area contributed by atoms with Crippen LogP contribution in [0.25, 0.3) is 10.4 Å². The van der Waals surface area contributed by atoms with Crippen molar-refractivity contribution in [2.24, 2.45) is 0 Å². The highest BCUT2D eigenvalue weighted by atomic mass is 35.5. The predicted octanol–water partition coefficient (Wildman–Crippen LogP) is 5.26. The minimum absolute atomic E-state index is 0.260. The van der Waals surface area contributed by atoms with E-state index in [0.717, 1.165) is 15.3 Å². The highest BCUT2D eigenvalue weighted by Gasteiger charge is 2.19. The summed E-state index contributed by atoms with van der Waals surface area (Å²) in [6.45, 7) is 3.94. The third-order valence-corrected chi connectivity index (χ3v) is 5.66. The highest BCUT2D eigenvalue weighted by molar-refractivity contribution is 7.19. The van der Waals surface area contributed by atoms with Crippen molar-refractivity contribution in [2.75, 3.05) is 11.9 Å². The average Bonchev–Trinajstić information content (AvgIpc) is 3.20. The molecule has 0 aliphatic rings. The molecule has 3 aromatic rings. The van der Waals surface area contributed by atoms with Crippen molar-refractivity contribution < 1.29 is 14.3 Å². The van der Waals surface area contributed by atoms with Gasteiger partial charge in [-0.1, -0.05) is 41.1 Å². The lowest BCUT2D eigenvalue weighted by Crippen LogP contribution is -2.11. The number of benzene rings is 1.